The molecule has 0 radical (unpaired) electrons. The van der Waals surface area contributed by atoms with E-state index >= 15 is 0 Å². The monoisotopic (exact) mass is 326 g/mol. The van der Waals surface area contributed by atoms with Crippen LogP contribution in [0.2, 0.25) is 0 Å². The van der Waals surface area contributed by atoms with Gasteiger partial charge in [-0.3, -0.25) is 4.79 Å². The molecule has 5 heteroatoms. The van der Waals surface area contributed by atoms with Gasteiger partial charge in [-0.1, -0.05) is 40.2 Å². The molecule has 2 aromatic carbocycles. The number of sulfone groups is 1. The SMILES string of the molecule is CS(=O)(=O)CC(=O)c1ccc(Br)c2ccccc12. The fourth-order valence-electron chi connectivity index (χ4n) is 1.82. The minimum Gasteiger partial charge on any atom is -0.293 e. The number of hydrogen-bond acceptors (Lipinski definition) is 3. The summed E-state index contributed by atoms with van der Waals surface area (Å²) < 4.78 is 23.3. The second-order valence-corrected chi connectivity index (χ2v) is 7.13. The van der Waals surface area contributed by atoms with Gasteiger partial charge in [0, 0.05) is 16.3 Å². The zero-order valence-electron chi connectivity index (χ0n) is 9.68. The summed E-state index contributed by atoms with van der Waals surface area (Å²) in [7, 11) is -3.31. The van der Waals surface area contributed by atoms with Gasteiger partial charge in [-0.25, -0.2) is 8.42 Å². The molecule has 0 aliphatic rings. The van der Waals surface area contributed by atoms with E-state index in [0.717, 1.165) is 21.5 Å². The van der Waals surface area contributed by atoms with Crippen LogP contribution in [-0.2, 0) is 9.84 Å². The predicted octanol–water partition coefficient (Wildman–Crippen LogP) is 2.83. The maximum absolute atomic E-state index is 12.0. The van der Waals surface area contributed by atoms with Crippen molar-refractivity contribution in [3.63, 3.8) is 0 Å². The number of carbonyl (C=O) groups is 1. The van der Waals surface area contributed by atoms with E-state index in [1.165, 1.54) is 0 Å². The smallest absolute Gasteiger partial charge is 0.178 e. The zero-order chi connectivity index (χ0) is 13.3. The molecule has 0 unspecified atom stereocenters. The van der Waals surface area contributed by atoms with E-state index < -0.39 is 15.6 Å². The largest absolute Gasteiger partial charge is 0.293 e. The quantitative estimate of drug-likeness (QED) is 0.815. The number of benzene rings is 2. The average Bonchev–Trinajstić information content (AvgIpc) is 2.27. The molecule has 0 fully saturated rings. The highest BCUT2D eigenvalue weighted by Gasteiger charge is 2.16. The summed E-state index contributed by atoms with van der Waals surface area (Å²) in [5.41, 5.74) is 0.444. The van der Waals surface area contributed by atoms with Gasteiger partial charge in [-0.2, -0.15) is 0 Å². The third-order valence-electron chi connectivity index (χ3n) is 2.56. The third kappa shape index (κ3) is 2.79. The van der Waals surface area contributed by atoms with Crippen molar-refractivity contribution >= 4 is 42.3 Å². The Morgan fingerprint density at radius 1 is 1.11 bits per heavy atom. The highest BCUT2D eigenvalue weighted by Crippen LogP contribution is 2.27. The van der Waals surface area contributed by atoms with E-state index in [-0.39, 0.29) is 5.78 Å². The van der Waals surface area contributed by atoms with Crippen LogP contribution >= 0.6 is 15.9 Å². The van der Waals surface area contributed by atoms with Gasteiger partial charge in [0.05, 0.1) is 0 Å². The zero-order valence-corrected chi connectivity index (χ0v) is 12.1. The summed E-state index contributed by atoms with van der Waals surface area (Å²) in [6.07, 6.45) is 1.06. The molecule has 0 spiro atoms. The van der Waals surface area contributed by atoms with Crippen LogP contribution in [0.25, 0.3) is 10.8 Å². The molecule has 0 N–H and O–H groups in total. The van der Waals surface area contributed by atoms with Crippen LogP contribution in [-0.4, -0.2) is 26.2 Å². The van der Waals surface area contributed by atoms with Gasteiger partial charge in [0.1, 0.15) is 5.75 Å². The first-order valence-electron chi connectivity index (χ1n) is 5.26. The molecular weight excluding hydrogens is 316 g/mol. The second-order valence-electron chi connectivity index (χ2n) is 4.13. The minimum absolute atomic E-state index is 0.374. The van der Waals surface area contributed by atoms with Crippen LogP contribution in [0.1, 0.15) is 10.4 Å². The van der Waals surface area contributed by atoms with Crippen molar-refractivity contribution in [3.8, 4) is 0 Å². The standard InChI is InChI=1S/C13H11BrO3S/c1-18(16,17)8-13(15)11-6-7-12(14)10-5-3-2-4-9(10)11/h2-7H,8H2,1H3. The van der Waals surface area contributed by atoms with Crippen LogP contribution in [0.4, 0.5) is 0 Å². The van der Waals surface area contributed by atoms with Crippen molar-refractivity contribution in [1.29, 1.82) is 0 Å². The summed E-state index contributed by atoms with van der Waals surface area (Å²) in [4.78, 5) is 12.0. The van der Waals surface area contributed by atoms with E-state index in [4.69, 9.17) is 0 Å². The maximum Gasteiger partial charge on any atom is 0.178 e. The van der Waals surface area contributed by atoms with Crippen molar-refractivity contribution in [2.75, 3.05) is 12.0 Å². The van der Waals surface area contributed by atoms with E-state index in [1.807, 2.05) is 24.3 Å². The molecule has 2 aromatic rings. The van der Waals surface area contributed by atoms with E-state index in [2.05, 4.69) is 15.9 Å². The van der Waals surface area contributed by atoms with Gasteiger partial charge in [0.2, 0.25) is 0 Å². The van der Waals surface area contributed by atoms with Crippen LogP contribution in [0.5, 0.6) is 0 Å². The van der Waals surface area contributed by atoms with Gasteiger partial charge in [0.15, 0.2) is 15.6 Å². The Morgan fingerprint density at radius 3 is 2.33 bits per heavy atom. The molecule has 0 aromatic heterocycles. The Balaban J connectivity index is 2.59. The van der Waals surface area contributed by atoms with Gasteiger partial charge < -0.3 is 0 Å². The molecular formula is C13H11BrO3S. The summed E-state index contributed by atoms with van der Waals surface area (Å²) in [6.45, 7) is 0. The summed E-state index contributed by atoms with van der Waals surface area (Å²) >= 11 is 3.41. The van der Waals surface area contributed by atoms with Crippen LogP contribution in [0.3, 0.4) is 0 Å². The van der Waals surface area contributed by atoms with Gasteiger partial charge in [-0.05, 0) is 22.9 Å². The van der Waals surface area contributed by atoms with Crippen LogP contribution in [0, 0.1) is 0 Å². The Morgan fingerprint density at radius 2 is 1.72 bits per heavy atom. The Bertz CT molecular complexity index is 720. The van der Waals surface area contributed by atoms with Gasteiger partial charge in [0.25, 0.3) is 0 Å². The molecule has 0 heterocycles. The summed E-state index contributed by atoms with van der Waals surface area (Å²) in [6, 6.07) is 10.8. The first kappa shape index (κ1) is 13.2. The number of carbonyl (C=O) groups excluding carboxylic acids is 1. The number of halogens is 1. The number of fused-ring (bicyclic) bond motifs is 1. The molecule has 0 amide bonds. The number of rotatable bonds is 3. The Labute approximate surface area is 114 Å². The highest BCUT2D eigenvalue weighted by molar-refractivity contribution is 9.10. The molecule has 18 heavy (non-hydrogen) atoms. The van der Waals surface area contributed by atoms with Crippen LogP contribution < -0.4 is 0 Å². The number of Topliss-reactive ketones (excluding diaryl/α,β-unsaturated/α-hetero) is 1. The van der Waals surface area contributed by atoms with E-state index in [9.17, 15) is 13.2 Å². The highest BCUT2D eigenvalue weighted by atomic mass is 79.9. The molecule has 2 rings (SSSR count). The molecule has 0 aliphatic heterocycles. The van der Waals surface area contributed by atoms with E-state index in [1.54, 1.807) is 12.1 Å². The lowest BCUT2D eigenvalue weighted by Crippen LogP contribution is -2.14. The van der Waals surface area contributed by atoms with Crippen molar-refractivity contribution in [1.82, 2.24) is 0 Å². The second kappa shape index (κ2) is 4.82. The van der Waals surface area contributed by atoms with Crippen molar-refractivity contribution in [2.45, 2.75) is 0 Å². The molecule has 0 bridgehead atoms. The number of hydrogen-bond donors (Lipinski definition) is 0. The Kier molecular flexibility index (Phi) is 3.54. The summed E-state index contributed by atoms with van der Waals surface area (Å²) in [5.74, 6) is -0.834. The maximum atomic E-state index is 12.0. The molecule has 0 saturated carbocycles. The average molecular weight is 327 g/mol. The Hall–Kier alpha value is -1.20. The first-order chi connectivity index (χ1) is 8.38. The molecule has 94 valence electrons. The minimum atomic E-state index is -3.31. The lowest BCUT2D eigenvalue weighted by molar-refractivity contribution is 0.102. The van der Waals surface area contributed by atoms with E-state index in [0.29, 0.717) is 5.56 Å². The lowest BCUT2D eigenvalue weighted by atomic mass is 10.0. The van der Waals surface area contributed by atoms with Crippen molar-refractivity contribution in [2.24, 2.45) is 0 Å². The van der Waals surface area contributed by atoms with Gasteiger partial charge >= 0.3 is 0 Å². The molecule has 0 aliphatic carbocycles. The van der Waals surface area contributed by atoms with Crippen LogP contribution in [0.15, 0.2) is 40.9 Å². The first-order valence-corrected chi connectivity index (χ1v) is 8.12. The van der Waals surface area contributed by atoms with Crippen molar-refractivity contribution in [3.05, 3.63) is 46.4 Å². The molecule has 3 nitrogen and oxygen atoms in total. The topological polar surface area (TPSA) is 51.2 Å². The van der Waals surface area contributed by atoms with Gasteiger partial charge in [-0.15, -0.1) is 0 Å². The third-order valence-corrected chi connectivity index (χ3v) is 4.04. The molecule has 0 atom stereocenters. The fraction of sp³-hybridized carbons (Fsp3) is 0.154. The predicted molar refractivity (Wildman–Crippen MR) is 75.7 cm³/mol. The number of ketones is 1. The fourth-order valence-corrected chi connectivity index (χ4v) is 2.93. The normalized spacial score (nSPS) is 11.7. The molecule has 0 saturated heterocycles. The van der Waals surface area contributed by atoms with Crippen molar-refractivity contribution < 1.29 is 13.2 Å². The summed E-state index contributed by atoms with van der Waals surface area (Å²) in [5, 5.41) is 1.66. The lowest BCUT2D eigenvalue weighted by Gasteiger charge is -2.06.